The summed E-state index contributed by atoms with van der Waals surface area (Å²) < 4.78 is 0. The fourth-order valence-electron chi connectivity index (χ4n) is 8.65. The molecule has 0 aliphatic heterocycles. The third-order valence-corrected chi connectivity index (χ3v) is 15.9. The van der Waals surface area contributed by atoms with Crippen LogP contribution < -0.4 is 5.73 Å². The summed E-state index contributed by atoms with van der Waals surface area (Å²) in [5.74, 6) is 0.310. The number of hydrogen-bond acceptors (Lipinski definition) is 3. The van der Waals surface area contributed by atoms with Crippen LogP contribution in [0.4, 0.5) is 0 Å². The summed E-state index contributed by atoms with van der Waals surface area (Å²) in [6, 6.07) is 31.0. The Morgan fingerprint density at radius 2 is 0.808 bits per heavy atom. The van der Waals surface area contributed by atoms with E-state index in [1.165, 1.54) is 207 Å². The van der Waals surface area contributed by atoms with Crippen molar-refractivity contribution in [3.63, 3.8) is 0 Å². The summed E-state index contributed by atoms with van der Waals surface area (Å²) in [4.78, 5) is 0. The molecule has 4 nitrogen and oxygen atoms in total. The number of amidine groups is 1. The molecule has 2 saturated carbocycles. The normalized spacial score (nSPS) is 13.6. The molecule has 0 heterocycles. The summed E-state index contributed by atoms with van der Waals surface area (Å²) in [5.41, 5.74) is 13.3. The Bertz CT molecular complexity index is 1960. The Morgan fingerprint density at radius 1 is 0.493 bits per heavy atom. The van der Waals surface area contributed by atoms with Crippen molar-refractivity contribution in [2.24, 2.45) is 16.6 Å². The molecule has 0 saturated heterocycles. The van der Waals surface area contributed by atoms with Crippen LogP contribution in [0.5, 0.6) is 0 Å². The number of unbranched alkanes of at least 4 members (excludes halogenated alkanes) is 21. The van der Waals surface area contributed by atoms with Crippen molar-refractivity contribution in [1.82, 2.24) is 0 Å². The second-order valence-electron chi connectivity index (χ2n) is 20.5. The lowest BCUT2D eigenvalue weighted by Crippen LogP contribution is -2.21. The fourth-order valence-corrected chi connectivity index (χ4v) is 8.65. The highest BCUT2D eigenvalue weighted by atomic mass is 79.9. The molecule has 0 spiro atoms. The Kier molecular flexibility index (Phi) is 41.5. The van der Waals surface area contributed by atoms with E-state index in [4.69, 9.17) is 21.7 Å². The zero-order valence-corrected chi connectivity index (χ0v) is 50.1. The zero-order valence-electron chi connectivity index (χ0n) is 46.1. The van der Waals surface area contributed by atoms with Gasteiger partial charge >= 0.3 is 0 Å². The third-order valence-electron chi connectivity index (χ3n) is 14.0. The smallest absolute Gasteiger partial charge is 0.101 e. The Balaban J connectivity index is 0.000000525. The van der Waals surface area contributed by atoms with Crippen molar-refractivity contribution >= 4 is 68.3 Å². The van der Waals surface area contributed by atoms with Crippen molar-refractivity contribution in [1.29, 1.82) is 15.9 Å². The molecule has 3 aromatic rings. The lowest BCUT2D eigenvalue weighted by molar-refractivity contribution is 0.575. The third kappa shape index (κ3) is 34.7. The van der Waals surface area contributed by atoms with Crippen LogP contribution >= 0.6 is 44.3 Å². The quantitative estimate of drug-likeness (QED) is 0.0266. The Hall–Kier alpha value is -3.42. The number of nitrogens with two attached hydrogens (primary N) is 1. The maximum Gasteiger partial charge on any atom is 0.101 e. The summed E-state index contributed by atoms with van der Waals surface area (Å²) in [5, 5.41) is 27.3. The van der Waals surface area contributed by atoms with Crippen molar-refractivity contribution in [2.45, 2.75) is 226 Å². The van der Waals surface area contributed by atoms with E-state index >= 15 is 0 Å². The van der Waals surface area contributed by atoms with E-state index in [2.05, 4.69) is 162 Å². The number of hydrogen-bond donors (Lipinski definition) is 2. The fraction of sp³-hybridized carbons (Fsp3) is 0.591. The van der Waals surface area contributed by atoms with Crippen LogP contribution in [0.25, 0.3) is 18.2 Å². The average Bonchev–Trinajstić information content (AvgIpc) is 4.36. The number of halogens is 3. The second-order valence-corrected chi connectivity index (χ2v) is 22.1. The number of allylic oxidation sites excluding steroid dienone is 2. The zero-order chi connectivity index (χ0) is 52.2. The van der Waals surface area contributed by atoms with Crippen molar-refractivity contribution in [3.8, 4) is 12.1 Å². The Labute approximate surface area is 471 Å². The van der Waals surface area contributed by atoms with Gasteiger partial charge in [-0.25, -0.2) is 0 Å². The van der Waals surface area contributed by atoms with Gasteiger partial charge in [0.25, 0.3) is 0 Å². The molecule has 0 amide bonds. The van der Waals surface area contributed by atoms with E-state index < -0.39 is 0 Å². The predicted molar refractivity (Wildman–Crippen MR) is 331 cm³/mol. The van der Waals surface area contributed by atoms with Crippen LogP contribution in [0.15, 0.2) is 91.0 Å². The molecule has 5 rings (SSSR count). The SMILES string of the molecule is BrCCBr.CCCCCCCCCCc1ccc(/C=C/C2(C#N)CC2)cc1.CCCCCCCCCCc1ccc(/C=C/C2(C(=N)N)CC2)cc1.CCCCCCCCCCc1ccc(/C=C/CC#N)cc1.Cl. The largest absolute Gasteiger partial charge is 0.387 e. The van der Waals surface area contributed by atoms with E-state index in [9.17, 15) is 0 Å². The molecule has 0 unspecified atom stereocenters. The van der Waals surface area contributed by atoms with E-state index in [0.29, 0.717) is 12.3 Å². The minimum absolute atomic E-state index is 0. The van der Waals surface area contributed by atoms with E-state index in [-0.39, 0.29) is 23.2 Å². The molecule has 0 atom stereocenters. The van der Waals surface area contributed by atoms with Gasteiger partial charge in [0.1, 0.15) is 5.84 Å². The van der Waals surface area contributed by atoms with Crippen LogP contribution in [-0.2, 0) is 19.3 Å². The number of nitrogens with zero attached hydrogens (tertiary/aromatic N) is 2. The first-order valence-corrected chi connectivity index (χ1v) is 31.0. The number of aryl methyl sites for hydroxylation is 3. The van der Waals surface area contributed by atoms with E-state index in [1.54, 1.807) is 0 Å². The Morgan fingerprint density at radius 3 is 1.08 bits per heavy atom. The van der Waals surface area contributed by atoms with E-state index in [1.807, 2.05) is 12.2 Å². The van der Waals surface area contributed by atoms with Crippen LogP contribution in [0.3, 0.4) is 0 Å². The monoisotopic (exact) mass is 1140 g/mol. The number of alkyl halides is 2. The van der Waals surface area contributed by atoms with Crippen molar-refractivity contribution in [3.05, 3.63) is 124 Å². The van der Waals surface area contributed by atoms with Gasteiger partial charge in [0.2, 0.25) is 0 Å². The summed E-state index contributed by atoms with van der Waals surface area (Å²) in [6.07, 6.45) is 53.6. The predicted octanol–water partition coefficient (Wildman–Crippen LogP) is 21.3. The molecule has 2 fully saturated rings. The highest BCUT2D eigenvalue weighted by Crippen LogP contribution is 2.47. The summed E-state index contributed by atoms with van der Waals surface area (Å²) in [7, 11) is 0. The number of rotatable bonds is 35. The van der Waals surface area contributed by atoms with Crippen LogP contribution in [0, 0.1) is 38.9 Å². The van der Waals surface area contributed by atoms with Crippen LogP contribution in [0.2, 0.25) is 0 Å². The standard InChI is InChI=1S/C22H34N2.C22H31N.C20H29N.C2H4Br2.ClH/c1-2-3-4-5-6-7-8-9-10-19-11-13-20(14-12-19)15-16-22(17-18-22)21(23)24;1-2-3-4-5-6-7-8-9-10-20-11-13-21(14-12-20)15-16-22(19-23)17-18-22;1-2-3-4-5-6-7-8-9-12-19-14-16-20(17-15-19)13-10-11-18-21;3-1-2-4;/h11-16H,2-10,17-18H2,1H3,(H3,23,24);11-16H,2-10,17-18H2,1H3;10,13-17H,2-9,11-12H2,1H3;1-2H2;1H/b2*16-15+;13-10+;;. The molecule has 0 radical (unpaired) electrons. The molecule has 404 valence electrons. The van der Waals surface area contributed by atoms with Crippen molar-refractivity contribution < 1.29 is 0 Å². The van der Waals surface area contributed by atoms with Gasteiger partial charge in [-0.15, -0.1) is 12.4 Å². The van der Waals surface area contributed by atoms with Crippen LogP contribution in [0.1, 0.15) is 240 Å². The number of benzene rings is 3. The first-order valence-electron chi connectivity index (χ1n) is 28.8. The summed E-state index contributed by atoms with van der Waals surface area (Å²) >= 11 is 6.40. The maximum atomic E-state index is 9.08. The van der Waals surface area contributed by atoms with Gasteiger partial charge in [-0.3, -0.25) is 5.41 Å². The first kappa shape index (κ1) is 67.6. The van der Waals surface area contributed by atoms with E-state index in [0.717, 1.165) is 36.3 Å². The number of nitriles is 2. The highest BCUT2D eigenvalue weighted by Gasteiger charge is 2.43. The van der Waals surface area contributed by atoms with Gasteiger partial charge in [-0.2, -0.15) is 10.5 Å². The first-order chi connectivity index (χ1) is 35.2. The molecule has 3 aromatic carbocycles. The molecule has 2 aliphatic rings. The topological polar surface area (TPSA) is 97.4 Å². The maximum absolute atomic E-state index is 9.08. The lowest BCUT2D eigenvalue weighted by Gasteiger charge is -2.06. The second kappa shape index (κ2) is 44.8. The van der Waals surface area contributed by atoms with Gasteiger partial charge in [-0.05, 0) is 97.6 Å². The molecule has 2 aliphatic carbocycles. The lowest BCUT2D eigenvalue weighted by atomic mass is 10.0. The summed E-state index contributed by atoms with van der Waals surface area (Å²) in [6.45, 7) is 6.81. The minimum Gasteiger partial charge on any atom is -0.387 e. The van der Waals surface area contributed by atoms with Gasteiger partial charge in [-0.1, -0.05) is 297 Å². The van der Waals surface area contributed by atoms with Gasteiger partial charge in [0, 0.05) is 16.1 Å². The minimum atomic E-state index is -0.143. The molecular formula is C66H99Br2ClN4. The highest BCUT2D eigenvalue weighted by molar-refractivity contribution is 9.11. The van der Waals surface area contributed by atoms with Gasteiger partial charge in [0.05, 0.1) is 24.0 Å². The molecule has 3 N–H and O–H groups in total. The number of nitrogens with one attached hydrogen (secondary N) is 1. The molecule has 0 bridgehead atoms. The van der Waals surface area contributed by atoms with Crippen molar-refractivity contribution in [2.75, 3.05) is 10.7 Å². The average molecular weight is 1140 g/mol. The molecule has 73 heavy (non-hydrogen) atoms. The molecule has 0 aromatic heterocycles. The van der Waals surface area contributed by atoms with Gasteiger partial charge < -0.3 is 5.73 Å². The van der Waals surface area contributed by atoms with Crippen LogP contribution in [-0.4, -0.2) is 16.5 Å². The molecule has 7 heteroatoms. The van der Waals surface area contributed by atoms with Gasteiger partial charge in [0.15, 0.2) is 0 Å². The molecular weight excluding hydrogens is 1040 g/mol.